The van der Waals surface area contributed by atoms with Crippen molar-refractivity contribution >= 4 is 5.95 Å². The largest absolute Gasteiger partial charge is 0.394 e. The zero-order chi connectivity index (χ0) is 13.8. The van der Waals surface area contributed by atoms with Crippen LogP contribution in [-0.4, -0.2) is 34.3 Å². The number of aryl methyl sites for hydroxylation is 1. The van der Waals surface area contributed by atoms with Crippen LogP contribution < -0.4 is 4.90 Å². The van der Waals surface area contributed by atoms with Crippen molar-refractivity contribution in [3.63, 3.8) is 0 Å². The van der Waals surface area contributed by atoms with Gasteiger partial charge in [0.1, 0.15) is 0 Å². The maximum Gasteiger partial charge on any atom is 0.226 e. The van der Waals surface area contributed by atoms with Crippen LogP contribution in [0.25, 0.3) is 0 Å². The first kappa shape index (κ1) is 14.3. The Kier molecular flexibility index (Phi) is 4.75. The second-order valence-electron chi connectivity index (χ2n) is 5.77. The minimum atomic E-state index is 0.171. The summed E-state index contributed by atoms with van der Waals surface area (Å²) in [7, 11) is 0. The van der Waals surface area contributed by atoms with E-state index in [4.69, 9.17) is 4.98 Å². The van der Waals surface area contributed by atoms with Gasteiger partial charge in [-0.3, -0.25) is 0 Å². The molecule has 1 aliphatic rings. The lowest BCUT2D eigenvalue weighted by atomic mass is 10.1. The molecule has 0 amide bonds. The Balaban J connectivity index is 2.32. The molecular weight excluding hydrogens is 238 g/mol. The molecule has 0 radical (unpaired) electrons. The van der Waals surface area contributed by atoms with Gasteiger partial charge in [-0.05, 0) is 31.7 Å². The van der Waals surface area contributed by atoms with Gasteiger partial charge >= 0.3 is 0 Å². The number of hydrogen-bond acceptors (Lipinski definition) is 4. The Labute approximate surface area is 115 Å². The van der Waals surface area contributed by atoms with Crippen molar-refractivity contribution in [1.29, 1.82) is 0 Å². The molecule has 106 valence electrons. The lowest BCUT2D eigenvalue weighted by molar-refractivity contribution is 0.254. The van der Waals surface area contributed by atoms with Gasteiger partial charge in [0.05, 0.1) is 12.6 Å². The maximum absolute atomic E-state index is 9.60. The monoisotopic (exact) mass is 263 g/mol. The highest BCUT2D eigenvalue weighted by Gasteiger charge is 2.23. The van der Waals surface area contributed by atoms with Crippen molar-refractivity contribution in [2.24, 2.45) is 0 Å². The molecule has 2 rings (SSSR count). The van der Waals surface area contributed by atoms with E-state index < -0.39 is 0 Å². The minimum Gasteiger partial charge on any atom is -0.394 e. The molecule has 0 bridgehead atoms. The third-order valence-corrected chi connectivity index (χ3v) is 3.80. The van der Waals surface area contributed by atoms with Crippen LogP contribution in [0, 0.1) is 6.92 Å². The van der Waals surface area contributed by atoms with Crippen molar-refractivity contribution in [2.75, 3.05) is 18.1 Å². The molecule has 4 nitrogen and oxygen atoms in total. The fourth-order valence-corrected chi connectivity index (χ4v) is 2.63. The summed E-state index contributed by atoms with van der Waals surface area (Å²) in [5.74, 6) is 1.20. The van der Waals surface area contributed by atoms with Gasteiger partial charge in [0.25, 0.3) is 0 Å². The lowest BCUT2D eigenvalue weighted by Gasteiger charge is -2.29. The summed E-state index contributed by atoms with van der Waals surface area (Å²) in [4.78, 5) is 11.5. The number of aliphatic hydroxyl groups excluding tert-OH is 1. The van der Waals surface area contributed by atoms with Crippen molar-refractivity contribution in [2.45, 2.75) is 58.4 Å². The molecule has 1 aromatic rings. The van der Waals surface area contributed by atoms with Gasteiger partial charge < -0.3 is 10.0 Å². The molecule has 1 atom stereocenters. The molecule has 0 aliphatic carbocycles. The van der Waals surface area contributed by atoms with Crippen molar-refractivity contribution in [3.05, 3.63) is 17.5 Å². The zero-order valence-corrected chi connectivity index (χ0v) is 12.3. The molecule has 1 N–H and O–H groups in total. The Bertz CT molecular complexity index is 420. The molecule has 0 saturated carbocycles. The standard InChI is InChI=1S/C15H25N3O/c1-11(2)14-9-12(3)16-15(17-14)18-8-6-4-5-7-13(18)10-19/h9,11,13,19H,4-8,10H2,1-3H3. The predicted octanol–water partition coefficient (Wildman–Crippen LogP) is 2.65. The number of aliphatic hydroxyl groups is 1. The highest BCUT2D eigenvalue weighted by atomic mass is 16.3. The second kappa shape index (κ2) is 6.33. The van der Waals surface area contributed by atoms with Gasteiger partial charge in [-0.15, -0.1) is 0 Å². The molecule has 4 heteroatoms. The number of nitrogens with zero attached hydrogens (tertiary/aromatic N) is 3. The summed E-state index contributed by atoms with van der Waals surface area (Å²) < 4.78 is 0. The first-order chi connectivity index (χ1) is 9.11. The van der Waals surface area contributed by atoms with Crippen LogP contribution in [0.3, 0.4) is 0 Å². The summed E-state index contributed by atoms with van der Waals surface area (Å²) >= 11 is 0. The van der Waals surface area contributed by atoms with Crippen LogP contribution >= 0.6 is 0 Å². The average molecular weight is 263 g/mol. The molecule has 19 heavy (non-hydrogen) atoms. The van der Waals surface area contributed by atoms with E-state index in [0.717, 1.165) is 36.7 Å². The SMILES string of the molecule is Cc1cc(C(C)C)nc(N2CCCCCC2CO)n1. The first-order valence-electron chi connectivity index (χ1n) is 7.35. The fourth-order valence-electron chi connectivity index (χ4n) is 2.63. The van der Waals surface area contributed by atoms with Gasteiger partial charge in [0, 0.05) is 17.9 Å². The number of anilines is 1. The number of rotatable bonds is 3. The van der Waals surface area contributed by atoms with E-state index in [-0.39, 0.29) is 12.6 Å². The molecule has 0 aromatic carbocycles. The van der Waals surface area contributed by atoms with Gasteiger partial charge in [0.2, 0.25) is 5.95 Å². The van der Waals surface area contributed by atoms with Crippen LogP contribution in [0.2, 0.25) is 0 Å². The van der Waals surface area contributed by atoms with Gasteiger partial charge in [-0.2, -0.15) is 0 Å². The Morgan fingerprint density at radius 3 is 2.79 bits per heavy atom. The van der Waals surface area contributed by atoms with Crippen molar-refractivity contribution in [1.82, 2.24) is 9.97 Å². The van der Waals surface area contributed by atoms with Crippen molar-refractivity contribution in [3.8, 4) is 0 Å². The molecule has 1 saturated heterocycles. The summed E-state index contributed by atoms with van der Waals surface area (Å²) in [6.07, 6.45) is 4.61. The summed E-state index contributed by atoms with van der Waals surface area (Å²) in [6.45, 7) is 7.46. The molecule has 1 aromatic heterocycles. The van der Waals surface area contributed by atoms with E-state index in [0.29, 0.717) is 5.92 Å². The van der Waals surface area contributed by atoms with E-state index in [1.807, 2.05) is 6.92 Å². The van der Waals surface area contributed by atoms with Gasteiger partial charge in [-0.1, -0.05) is 26.7 Å². The van der Waals surface area contributed by atoms with Crippen LogP contribution in [0.15, 0.2) is 6.07 Å². The fraction of sp³-hybridized carbons (Fsp3) is 0.733. The summed E-state index contributed by atoms with van der Waals surface area (Å²) in [5, 5.41) is 9.60. The van der Waals surface area contributed by atoms with Crippen LogP contribution in [0.4, 0.5) is 5.95 Å². The zero-order valence-electron chi connectivity index (χ0n) is 12.3. The van der Waals surface area contributed by atoms with E-state index in [9.17, 15) is 5.11 Å². The van der Waals surface area contributed by atoms with Crippen LogP contribution in [-0.2, 0) is 0 Å². The molecule has 0 spiro atoms. The molecule has 1 fully saturated rings. The lowest BCUT2D eigenvalue weighted by Crippen LogP contribution is -2.39. The number of aromatic nitrogens is 2. The molecule has 2 heterocycles. The Morgan fingerprint density at radius 1 is 1.32 bits per heavy atom. The quantitative estimate of drug-likeness (QED) is 0.911. The summed E-state index contributed by atoms with van der Waals surface area (Å²) in [5.41, 5.74) is 2.10. The highest BCUT2D eigenvalue weighted by Crippen LogP contribution is 2.23. The van der Waals surface area contributed by atoms with Crippen LogP contribution in [0.5, 0.6) is 0 Å². The first-order valence-corrected chi connectivity index (χ1v) is 7.35. The van der Waals surface area contributed by atoms with E-state index >= 15 is 0 Å². The highest BCUT2D eigenvalue weighted by molar-refractivity contribution is 5.35. The van der Waals surface area contributed by atoms with E-state index in [2.05, 4.69) is 29.8 Å². The topological polar surface area (TPSA) is 49.2 Å². The predicted molar refractivity (Wildman–Crippen MR) is 77.5 cm³/mol. The van der Waals surface area contributed by atoms with E-state index in [1.165, 1.54) is 12.8 Å². The number of hydrogen-bond donors (Lipinski definition) is 1. The normalized spacial score (nSPS) is 20.7. The summed E-state index contributed by atoms with van der Waals surface area (Å²) in [6, 6.07) is 2.23. The third kappa shape index (κ3) is 3.44. The van der Waals surface area contributed by atoms with Gasteiger partial charge in [-0.25, -0.2) is 9.97 Å². The van der Waals surface area contributed by atoms with Gasteiger partial charge in [0.15, 0.2) is 0 Å². The van der Waals surface area contributed by atoms with E-state index in [1.54, 1.807) is 0 Å². The molecular formula is C15H25N3O. The minimum absolute atomic E-state index is 0.171. The molecule has 1 unspecified atom stereocenters. The third-order valence-electron chi connectivity index (χ3n) is 3.80. The molecule has 1 aliphatic heterocycles. The average Bonchev–Trinajstić information content (AvgIpc) is 2.62. The Morgan fingerprint density at radius 2 is 2.11 bits per heavy atom. The second-order valence-corrected chi connectivity index (χ2v) is 5.77. The van der Waals surface area contributed by atoms with Crippen LogP contribution in [0.1, 0.15) is 56.8 Å². The maximum atomic E-state index is 9.60. The van der Waals surface area contributed by atoms with Crippen molar-refractivity contribution < 1.29 is 5.11 Å². The Hall–Kier alpha value is -1.16. The smallest absolute Gasteiger partial charge is 0.226 e.